The van der Waals surface area contributed by atoms with Crippen LogP contribution in [0.4, 0.5) is 4.39 Å². The molecule has 8 heteroatoms. The highest BCUT2D eigenvalue weighted by Crippen LogP contribution is 2.27. The summed E-state index contributed by atoms with van der Waals surface area (Å²) in [5.41, 5.74) is 7.69. The van der Waals surface area contributed by atoms with Gasteiger partial charge in [0, 0.05) is 30.0 Å². The lowest BCUT2D eigenvalue weighted by atomic mass is 10.1. The van der Waals surface area contributed by atoms with E-state index in [1.807, 2.05) is 0 Å². The lowest BCUT2D eigenvalue weighted by Crippen LogP contribution is -2.04. The van der Waals surface area contributed by atoms with Crippen molar-refractivity contribution in [1.29, 1.82) is 0 Å². The van der Waals surface area contributed by atoms with Crippen molar-refractivity contribution < 1.29 is 12.8 Å². The van der Waals surface area contributed by atoms with E-state index in [1.54, 1.807) is 30.3 Å². The maximum absolute atomic E-state index is 14.0. The molecule has 5 nitrogen and oxygen atoms in total. The Kier molecular flexibility index (Phi) is 4.64. The summed E-state index contributed by atoms with van der Waals surface area (Å²) in [5, 5.41) is 4.43. The second-order valence-corrected chi connectivity index (χ2v) is 7.94. The van der Waals surface area contributed by atoms with Crippen molar-refractivity contribution in [2.45, 2.75) is 11.4 Å². The van der Waals surface area contributed by atoms with Crippen molar-refractivity contribution in [2.75, 3.05) is 6.26 Å². The standard InChI is InChI=1S/C17H15ClFN3O2S/c1-25(23,24)14-6-3-11(4-7-14)16-9-17(18)21-22(16)13-5-2-12(10-20)15(19)8-13/h2-9H,10,20H2,1H3. The van der Waals surface area contributed by atoms with E-state index in [9.17, 15) is 12.8 Å². The fourth-order valence-electron chi connectivity index (χ4n) is 2.46. The molecule has 0 aliphatic carbocycles. The van der Waals surface area contributed by atoms with Gasteiger partial charge in [0.1, 0.15) is 5.82 Å². The molecule has 0 aliphatic rings. The van der Waals surface area contributed by atoms with Gasteiger partial charge in [0.15, 0.2) is 15.0 Å². The van der Waals surface area contributed by atoms with Gasteiger partial charge in [-0.05, 0) is 24.3 Å². The van der Waals surface area contributed by atoms with E-state index in [4.69, 9.17) is 17.3 Å². The molecule has 0 aliphatic heterocycles. The van der Waals surface area contributed by atoms with Crippen molar-refractivity contribution in [2.24, 2.45) is 5.73 Å². The zero-order chi connectivity index (χ0) is 18.2. The third-order valence-electron chi connectivity index (χ3n) is 3.76. The molecule has 2 aromatic carbocycles. The smallest absolute Gasteiger partial charge is 0.175 e. The minimum atomic E-state index is -3.28. The highest BCUT2D eigenvalue weighted by molar-refractivity contribution is 7.90. The van der Waals surface area contributed by atoms with E-state index in [-0.39, 0.29) is 16.6 Å². The summed E-state index contributed by atoms with van der Waals surface area (Å²) in [4.78, 5) is 0.215. The first-order valence-corrected chi connectivity index (χ1v) is 9.61. The summed E-state index contributed by atoms with van der Waals surface area (Å²) < 4.78 is 38.7. The number of halogens is 2. The highest BCUT2D eigenvalue weighted by Gasteiger charge is 2.14. The molecule has 130 valence electrons. The molecule has 25 heavy (non-hydrogen) atoms. The normalized spacial score (nSPS) is 11.7. The Bertz CT molecular complexity index is 1030. The van der Waals surface area contributed by atoms with Gasteiger partial charge >= 0.3 is 0 Å². The first-order chi connectivity index (χ1) is 11.8. The van der Waals surface area contributed by atoms with E-state index >= 15 is 0 Å². The lowest BCUT2D eigenvalue weighted by molar-refractivity contribution is 0.602. The zero-order valence-electron chi connectivity index (χ0n) is 13.3. The predicted molar refractivity (Wildman–Crippen MR) is 95.0 cm³/mol. The van der Waals surface area contributed by atoms with Gasteiger partial charge in [-0.15, -0.1) is 0 Å². The summed E-state index contributed by atoms with van der Waals surface area (Å²) in [7, 11) is -3.28. The van der Waals surface area contributed by atoms with Crippen LogP contribution in [0.25, 0.3) is 16.9 Å². The Balaban J connectivity index is 2.09. The van der Waals surface area contributed by atoms with Crippen LogP contribution in [-0.4, -0.2) is 24.5 Å². The molecular weight excluding hydrogens is 365 g/mol. The van der Waals surface area contributed by atoms with E-state index in [1.165, 1.54) is 22.9 Å². The SMILES string of the molecule is CS(=O)(=O)c1ccc(-c2cc(Cl)nn2-c2ccc(CN)c(F)c2)cc1. The summed E-state index contributed by atoms with van der Waals surface area (Å²) in [6.07, 6.45) is 1.14. The molecule has 0 amide bonds. The van der Waals surface area contributed by atoms with Crippen LogP contribution < -0.4 is 5.73 Å². The van der Waals surface area contributed by atoms with Crippen LogP contribution in [0.2, 0.25) is 5.15 Å². The van der Waals surface area contributed by atoms with Gasteiger partial charge in [0.25, 0.3) is 0 Å². The summed E-state index contributed by atoms with van der Waals surface area (Å²) in [5.74, 6) is -0.426. The first-order valence-electron chi connectivity index (χ1n) is 7.34. The van der Waals surface area contributed by atoms with Gasteiger partial charge in [-0.1, -0.05) is 29.8 Å². The minimum Gasteiger partial charge on any atom is -0.326 e. The third-order valence-corrected chi connectivity index (χ3v) is 5.07. The molecule has 0 unspecified atom stereocenters. The number of sulfone groups is 1. The van der Waals surface area contributed by atoms with E-state index < -0.39 is 15.7 Å². The monoisotopic (exact) mass is 379 g/mol. The van der Waals surface area contributed by atoms with Crippen molar-refractivity contribution >= 4 is 21.4 Å². The second kappa shape index (κ2) is 6.59. The van der Waals surface area contributed by atoms with Crippen LogP contribution in [0.3, 0.4) is 0 Å². The second-order valence-electron chi connectivity index (χ2n) is 5.54. The van der Waals surface area contributed by atoms with Gasteiger partial charge in [0.05, 0.1) is 16.3 Å². The third kappa shape index (κ3) is 3.58. The van der Waals surface area contributed by atoms with Crippen LogP contribution in [-0.2, 0) is 16.4 Å². The molecular formula is C17H15ClFN3O2S. The predicted octanol–water partition coefficient (Wildman–Crippen LogP) is 3.19. The maximum atomic E-state index is 14.0. The van der Waals surface area contributed by atoms with Gasteiger partial charge < -0.3 is 5.73 Å². The maximum Gasteiger partial charge on any atom is 0.175 e. The number of hydrogen-bond acceptors (Lipinski definition) is 4. The van der Waals surface area contributed by atoms with E-state index in [0.717, 1.165) is 6.26 Å². The number of aromatic nitrogens is 2. The van der Waals surface area contributed by atoms with Gasteiger partial charge in [-0.2, -0.15) is 5.10 Å². The summed E-state index contributed by atoms with van der Waals surface area (Å²) in [6, 6.07) is 12.6. The number of hydrogen-bond donors (Lipinski definition) is 1. The summed E-state index contributed by atoms with van der Waals surface area (Å²) >= 11 is 6.03. The average molecular weight is 380 g/mol. The van der Waals surface area contributed by atoms with Gasteiger partial charge in [0.2, 0.25) is 0 Å². The highest BCUT2D eigenvalue weighted by atomic mass is 35.5. The largest absolute Gasteiger partial charge is 0.326 e. The first kappa shape index (κ1) is 17.6. The van der Waals surface area contributed by atoms with Crippen LogP contribution >= 0.6 is 11.6 Å². The molecule has 0 radical (unpaired) electrons. The van der Waals surface area contributed by atoms with E-state index in [0.29, 0.717) is 22.5 Å². The molecule has 1 heterocycles. The molecule has 3 rings (SSSR count). The Morgan fingerprint density at radius 1 is 1.16 bits per heavy atom. The number of rotatable bonds is 4. The quantitative estimate of drug-likeness (QED) is 0.755. The van der Waals surface area contributed by atoms with E-state index in [2.05, 4.69) is 5.10 Å². The Labute approximate surface area is 149 Å². The Morgan fingerprint density at radius 3 is 2.40 bits per heavy atom. The van der Waals surface area contributed by atoms with Crippen molar-refractivity contribution in [3.63, 3.8) is 0 Å². The van der Waals surface area contributed by atoms with Gasteiger partial charge in [-0.25, -0.2) is 17.5 Å². The van der Waals surface area contributed by atoms with Crippen molar-refractivity contribution in [1.82, 2.24) is 9.78 Å². The summed E-state index contributed by atoms with van der Waals surface area (Å²) in [6.45, 7) is 0.103. The molecule has 3 aromatic rings. The number of nitrogens with zero attached hydrogens (tertiary/aromatic N) is 2. The lowest BCUT2D eigenvalue weighted by Gasteiger charge is -2.09. The van der Waals surface area contributed by atoms with Gasteiger partial charge in [-0.3, -0.25) is 0 Å². The fourth-order valence-corrected chi connectivity index (χ4v) is 3.27. The van der Waals surface area contributed by atoms with Crippen LogP contribution in [0.15, 0.2) is 53.4 Å². The molecule has 0 atom stereocenters. The number of nitrogens with two attached hydrogens (primary N) is 1. The number of benzene rings is 2. The Hall–Kier alpha value is -2.22. The molecule has 0 saturated heterocycles. The topological polar surface area (TPSA) is 78.0 Å². The van der Waals surface area contributed by atoms with Crippen LogP contribution in [0.5, 0.6) is 0 Å². The van der Waals surface area contributed by atoms with Crippen LogP contribution in [0.1, 0.15) is 5.56 Å². The van der Waals surface area contributed by atoms with Crippen molar-refractivity contribution in [3.8, 4) is 16.9 Å². The molecule has 0 fully saturated rings. The molecule has 0 saturated carbocycles. The zero-order valence-corrected chi connectivity index (χ0v) is 14.9. The fraction of sp³-hybridized carbons (Fsp3) is 0.118. The Morgan fingerprint density at radius 2 is 1.84 bits per heavy atom. The molecule has 1 aromatic heterocycles. The molecule has 0 bridgehead atoms. The molecule has 2 N–H and O–H groups in total. The minimum absolute atomic E-state index is 0.103. The van der Waals surface area contributed by atoms with Crippen LogP contribution in [0, 0.1) is 5.82 Å². The molecule has 0 spiro atoms. The average Bonchev–Trinajstić information content (AvgIpc) is 2.96. The van der Waals surface area contributed by atoms with Crippen molar-refractivity contribution in [3.05, 3.63) is 65.1 Å².